The predicted molar refractivity (Wildman–Crippen MR) is 145 cm³/mol. The summed E-state index contributed by atoms with van der Waals surface area (Å²) >= 11 is 0. The van der Waals surface area contributed by atoms with Gasteiger partial charge < -0.3 is 49.0 Å². The number of β-amino-alcohol motifs (C(OH)–C–C–N with tert-alkyl or cyclic N) is 1. The van der Waals surface area contributed by atoms with Gasteiger partial charge in [-0.2, -0.15) is 0 Å². The van der Waals surface area contributed by atoms with E-state index in [1.807, 2.05) is 41.3 Å². The normalized spacial score (nSPS) is 23.8. The van der Waals surface area contributed by atoms with Crippen LogP contribution in [0, 0.1) is 0 Å². The van der Waals surface area contributed by atoms with E-state index < -0.39 is 31.0 Å². The highest BCUT2D eigenvalue weighted by molar-refractivity contribution is 5.56. The van der Waals surface area contributed by atoms with Crippen molar-refractivity contribution in [2.45, 2.75) is 63.1 Å². The van der Waals surface area contributed by atoms with E-state index in [4.69, 9.17) is 23.7 Å². The highest BCUT2D eigenvalue weighted by Gasteiger charge is 2.34. The quantitative estimate of drug-likeness (QED) is 0.442. The molecule has 4 rings (SSSR count). The van der Waals surface area contributed by atoms with Gasteiger partial charge in [0.05, 0.1) is 39.6 Å². The first-order valence-corrected chi connectivity index (χ1v) is 13.7. The Bertz CT molecular complexity index is 1040. The molecule has 2 aromatic rings. The van der Waals surface area contributed by atoms with Crippen LogP contribution in [0.2, 0.25) is 0 Å². The van der Waals surface area contributed by atoms with E-state index in [1.165, 1.54) is 0 Å². The minimum atomic E-state index is -1.43. The third-order valence-corrected chi connectivity index (χ3v) is 6.97. The Morgan fingerprint density at radius 1 is 0.949 bits per heavy atom. The number of hydrogen-bond donors (Lipinski definition) is 4. The van der Waals surface area contributed by atoms with Gasteiger partial charge in [0.2, 0.25) is 5.75 Å². The van der Waals surface area contributed by atoms with Gasteiger partial charge in [-0.05, 0) is 49.1 Å². The van der Waals surface area contributed by atoms with Gasteiger partial charge in [0, 0.05) is 37.9 Å². The molecule has 216 valence electrons. The largest absolute Gasteiger partial charge is 0.494 e. The Balaban J connectivity index is 1.65. The average Bonchev–Trinajstić information content (AvgIpc) is 3.20. The van der Waals surface area contributed by atoms with Crippen LogP contribution < -0.4 is 23.8 Å². The number of benzene rings is 2. The minimum absolute atomic E-state index is 0.0133. The lowest BCUT2D eigenvalue weighted by Gasteiger charge is -2.34. The van der Waals surface area contributed by atoms with E-state index >= 15 is 0 Å². The molecular formula is C29H41NO9. The molecule has 0 fully saturated rings. The second-order valence-electron chi connectivity index (χ2n) is 9.96. The van der Waals surface area contributed by atoms with Crippen molar-refractivity contribution in [2.24, 2.45) is 0 Å². The molecule has 0 aliphatic carbocycles. The molecule has 0 saturated heterocycles. The number of fused-ring (bicyclic) bond motifs is 3. The lowest BCUT2D eigenvalue weighted by Crippen LogP contribution is -2.51. The zero-order valence-corrected chi connectivity index (χ0v) is 22.5. The summed E-state index contributed by atoms with van der Waals surface area (Å²) in [5, 5.41) is 42.1. The predicted octanol–water partition coefficient (Wildman–Crippen LogP) is 2.28. The monoisotopic (exact) mass is 547 g/mol. The van der Waals surface area contributed by atoms with Crippen LogP contribution in [0.15, 0.2) is 36.4 Å². The molecule has 2 aliphatic rings. The molecule has 10 nitrogen and oxygen atoms in total. The molecule has 2 bridgehead atoms. The van der Waals surface area contributed by atoms with Gasteiger partial charge in [0.1, 0.15) is 24.1 Å². The lowest BCUT2D eigenvalue weighted by atomic mass is 10.0. The Kier molecular flexibility index (Phi) is 10.9. The van der Waals surface area contributed by atoms with E-state index in [0.29, 0.717) is 56.0 Å². The number of anilines is 1. The third-order valence-electron chi connectivity index (χ3n) is 6.97. The molecule has 2 heterocycles. The Labute approximate surface area is 229 Å². The van der Waals surface area contributed by atoms with Gasteiger partial charge in [-0.1, -0.05) is 12.5 Å². The zero-order chi connectivity index (χ0) is 27.6. The van der Waals surface area contributed by atoms with Crippen LogP contribution >= 0.6 is 0 Å². The number of methoxy groups -OCH3 is 1. The highest BCUT2D eigenvalue weighted by Crippen LogP contribution is 2.40. The summed E-state index contributed by atoms with van der Waals surface area (Å²) in [4.78, 5) is 1.91. The van der Waals surface area contributed by atoms with Gasteiger partial charge in [0.25, 0.3) is 0 Å². The number of ether oxygens (including phenoxy) is 5. The van der Waals surface area contributed by atoms with E-state index in [9.17, 15) is 20.4 Å². The molecule has 4 atom stereocenters. The van der Waals surface area contributed by atoms with E-state index in [0.717, 1.165) is 43.4 Å². The first-order chi connectivity index (χ1) is 19.0. The van der Waals surface area contributed by atoms with Crippen LogP contribution in [-0.4, -0.2) is 91.5 Å². The van der Waals surface area contributed by atoms with Crippen LogP contribution in [0.1, 0.15) is 37.7 Å². The minimum Gasteiger partial charge on any atom is -0.494 e. The SMILES string of the molecule is COc1cc(CN2C[C@@H](O)[C@@H](O)[C@@H]([C@H](O)CO)OCCCCCCOc3cccc2c3)cc2c1OCCCO2. The molecule has 0 unspecified atom stereocenters. The second-order valence-corrected chi connectivity index (χ2v) is 9.96. The molecule has 0 spiro atoms. The Morgan fingerprint density at radius 3 is 2.51 bits per heavy atom. The topological polar surface area (TPSA) is 130 Å². The van der Waals surface area contributed by atoms with Crippen molar-refractivity contribution < 1.29 is 44.1 Å². The molecule has 2 aromatic carbocycles. The van der Waals surface area contributed by atoms with E-state index in [1.54, 1.807) is 7.11 Å². The maximum atomic E-state index is 11.1. The molecule has 0 saturated carbocycles. The van der Waals surface area contributed by atoms with E-state index in [2.05, 4.69) is 0 Å². The van der Waals surface area contributed by atoms with Crippen LogP contribution in [0.3, 0.4) is 0 Å². The van der Waals surface area contributed by atoms with Crippen molar-refractivity contribution in [2.75, 3.05) is 51.6 Å². The van der Waals surface area contributed by atoms with Crippen molar-refractivity contribution in [3.05, 3.63) is 42.0 Å². The number of aliphatic hydroxyl groups is 4. The second kappa shape index (κ2) is 14.6. The summed E-state index contributed by atoms with van der Waals surface area (Å²) < 4.78 is 29.1. The summed E-state index contributed by atoms with van der Waals surface area (Å²) in [7, 11) is 1.58. The fourth-order valence-electron chi connectivity index (χ4n) is 4.85. The number of aliphatic hydroxyl groups excluding tert-OH is 4. The summed E-state index contributed by atoms with van der Waals surface area (Å²) in [5.74, 6) is 2.42. The molecule has 0 radical (unpaired) electrons. The van der Waals surface area contributed by atoms with Gasteiger partial charge in [-0.15, -0.1) is 0 Å². The molecule has 39 heavy (non-hydrogen) atoms. The van der Waals surface area contributed by atoms with Crippen molar-refractivity contribution in [1.29, 1.82) is 0 Å². The third kappa shape index (κ3) is 7.89. The maximum Gasteiger partial charge on any atom is 0.203 e. The fourth-order valence-corrected chi connectivity index (χ4v) is 4.85. The highest BCUT2D eigenvalue weighted by atomic mass is 16.5. The molecular weight excluding hydrogens is 506 g/mol. The van der Waals surface area contributed by atoms with Crippen molar-refractivity contribution in [3.63, 3.8) is 0 Å². The number of nitrogens with zero attached hydrogens (tertiary/aromatic N) is 1. The standard InChI is InChI=1S/C29H41NO9/c1-35-25-14-20(15-26-29(25)39-13-7-12-37-26)17-30-18-23(32)27(34)28(24(33)19-31)38-11-5-3-2-4-10-36-22-9-6-8-21(30)16-22/h6,8-9,14-16,23-24,27-28,31-34H,2-5,7,10-13,17-19H2,1H3/t23-,24-,27-,28-/m1/s1. The maximum absolute atomic E-state index is 11.1. The Morgan fingerprint density at radius 2 is 1.72 bits per heavy atom. The zero-order valence-electron chi connectivity index (χ0n) is 22.5. The van der Waals surface area contributed by atoms with Crippen LogP contribution in [0.25, 0.3) is 0 Å². The van der Waals surface area contributed by atoms with Gasteiger partial charge in [0.15, 0.2) is 11.5 Å². The number of rotatable bonds is 5. The fraction of sp³-hybridized carbons (Fsp3) is 0.586. The van der Waals surface area contributed by atoms with Gasteiger partial charge in [-0.25, -0.2) is 0 Å². The van der Waals surface area contributed by atoms with Gasteiger partial charge in [-0.3, -0.25) is 0 Å². The van der Waals surface area contributed by atoms with E-state index in [-0.39, 0.29) is 6.54 Å². The first kappa shape index (κ1) is 29.2. The van der Waals surface area contributed by atoms with Crippen LogP contribution in [0.5, 0.6) is 23.0 Å². The summed E-state index contributed by atoms with van der Waals surface area (Å²) in [5.41, 5.74) is 1.62. The van der Waals surface area contributed by atoms with Crippen molar-refractivity contribution >= 4 is 5.69 Å². The summed E-state index contributed by atoms with van der Waals surface area (Å²) in [6.45, 7) is 1.71. The summed E-state index contributed by atoms with van der Waals surface area (Å²) in [6.07, 6.45) is -0.969. The molecule has 4 N–H and O–H groups in total. The molecule has 0 aromatic heterocycles. The number of hydrogen-bond acceptors (Lipinski definition) is 10. The van der Waals surface area contributed by atoms with Crippen LogP contribution in [-0.2, 0) is 11.3 Å². The smallest absolute Gasteiger partial charge is 0.203 e. The Hall–Kier alpha value is -2.76. The molecule has 10 heteroatoms. The van der Waals surface area contributed by atoms with Crippen LogP contribution in [0.4, 0.5) is 5.69 Å². The first-order valence-electron chi connectivity index (χ1n) is 13.7. The summed E-state index contributed by atoms with van der Waals surface area (Å²) in [6, 6.07) is 11.4. The van der Waals surface area contributed by atoms with Gasteiger partial charge >= 0.3 is 0 Å². The average molecular weight is 548 g/mol. The molecule has 0 amide bonds. The van der Waals surface area contributed by atoms with Crippen molar-refractivity contribution in [1.82, 2.24) is 0 Å². The van der Waals surface area contributed by atoms with Crippen molar-refractivity contribution in [3.8, 4) is 23.0 Å². The lowest BCUT2D eigenvalue weighted by molar-refractivity contribution is -0.141. The molecule has 2 aliphatic heterocycles.